The van der Waals surface area contributed by atoms with Crippen molar-refractivity contribution in [1.29, 1.82) is 0 Å². The summed E-state index contributed by atoms with van der Waals surface area (Å²) >= 11 is 0. The van der Waals surface area contributed by atoms with Crippen LogP contribution < -0.4 is 11.1 Å². The van der Waals surface area contributed by atoms with Crippen LogP contribution in [0.3, 0.4) is 0 Å². The molecule has 2 atom stereocenters. The number of nitrogen functional groups attached to an aromatic ring is 1. The molecule has 0 aromatic heterocycles. The average Bonchev–Trinajstić information content (AvgIpc) is 2.29. The van der Waals surface area contributed by atoms with Crippen LogP contribution in [0.5, 0.6) is 0 Å². The largest absolute Gasteiger partial charge is 0.397 e. The van der Waals surface area contributed by atoms with Crippen molar-refractivity contribution in [2.45, 2.75) is 39.7 Å². The standard InChI is InChI=1S/C13H20F2N2/c1-4-8(2)7-9(3)17-13-11(16)6-5-10(14)12(13)15/h5-6,8-9,17H,4,7,16H2,1-3H3. The van der Waals surface area contributed by atoms with E-state index in [1.54, 1.807) is 0 Å². The third-order valence-corrected chi connectivity index (χ3v) is 2.97. The summed E-state index contributed by atoms with van der Waals surface area (Å²) in [5.41, 5.74) is 5.94. The number of nitrogens with two attached hydrogens (primary N) is 1. The normalized spacial score (nSPS) is 14.4. The Labute approximate surface area is 101 Å². The highest BCUT2D eigenvalue weighted by atomic mass is 19.2. The Morgan fingerprint density at radius 2 is 1.94 bits per heavy atom. The Morgan fingerprint density at radius 3 is 2.53 bits per heavy atom. The fourth-order valence-electron chi connectivity index (χ4n) is 1.79. The Bertz CT molecular complexity index is 380. The zero-order valence-corrected chi connectivity index (χ0v) is 10.6. The van der Waals surface area contributed by atoms with Crippen LogP contribution in [0.4, 0.5) is 20.2 Å². The van der Waals surface area contributed by atoms with Gasteiger partial charge in [0.05, 0.1) is 11.4 Å². The summed E-state index contributed by atoms with van der Waals surface area (Å²) < 4.78 is 26.6. The van der Waals surface area contributed by atoms with Gasteiger partial charge in [0.25, 0.3) is 0 Å². The summed E-state index contributed by atoms with van der Waals surface area (Å²) in [6.45, 7) is 6.17. The van der Waals surface area contributed by atoms with E-state index >= 15 is 0 Å². The van der Waals surface area contributed by atoms with Crippen molar-refractivity contribution in [3.8, 4) is 0 Å². The highest BCUT2D eigenvalue weighted by Gasteiger charge is 2.15. The minimum absolute atomic E-state index is 0.0588. The van der Waals surface area contributed by atoms with Gasteiger partial charge in [0, 0.05) is 6.04 Å². The van der Waals surface area contributed by atoms with Crippen molar-refractivity contribution < 1.29 is 8.78 Å². The quantitative estimate of drug-likeness (QED) is 0.771. The molecule has 0 saturated carbocycles. The van der Waals surface area contributed by atoms with E-state index in [0.29, 0.717) is 5.92 Å². The fourth-order valence-corrected chi connectivity index (χ4v) is 1.79. The molecule has 2 unspecified atom stereocenters. The van der Waals surface area contributed by atoms with Gasteiger partial charge < -0.3 is 11.1 Å². The number of rotatable bonds is 5. The van der Waals surface area contributed by atoms with Gasteiger partial charge in [-0.25, -0.2) is 8.78 Å². The van der Waals surface area contributed by atoms with Gasteiger partial charge >= 0.3 is 0 Å². The summed E-state index contributed by atoms with van der Waals surface area (Å²) in [4.78, 5) is 0. The van der Waals surface area contributed by atoms with E-state index in [4.69, 9.17) is 5.73 Å². The van der Waals surface area contributed by atoms with Gasteiger partial charge in [0.15, 0.2) is 11.6 Å². The first kappa shape index (κ1) is 13.7. The number of anilines is 2. The lowest BCUT2D eigenvalue weighted by Crippen LogP contribution is -2.20. The van der Waals surface area contributed by atoms with E-state index in [-0.39, 0.29) is 17.4 Å². The summed E-state index contributed by atoms with van der Waals surface area (Å²) in [6, 6.07) is 2.47. The lowest BCUT2D eigenvalue weighted by molar-refractivity contribution is 0.478. The first-order valence-electron chi connectivity index (χ1n) is 5.95. The van der Waals surface area contributed by atoms with Gasteiger partial charge in [-0.2, -0.15) is 0 Å². The summed E-state index contributed by atoms with van der Waals surface area (Å²) in [5, 5.41) is 2.94. The number of hydrogen-bond acceptors (Lipinski definition) is 2. The second-order valence-electron chi connectivity index (χ2n) is 4.62. The number of benzene rings is 1. The van der Waals surface area contributed by atoms with Crippen molar-refractivity contribution in [2.75, 3.05) is 11.1 Å². The minimum atomic E-state index is -0.902. The molecule has 17 heavy (non-hydrogen) atoms. The molecule has 0 fully saturated rings. The molecule has 0 saturated heterocycles. The van der Waals surface area contributed by atoms with Crippen molar-refractivity contribution in [3.63, 3.8) is 0 Å². The first-order chi connectivity index (χ1) is 7.95. The van der Waals surface area contributed by atoms with Crippen LogP contribution in [0.25, 0.3) is 0 Å². The monoisotopic (exact) mass is 242 g/mol. The summed E-state index contributed by atoms with van der Waals surface area (Å²) in [7, 11) is 0. The van der Waals surface area contributed by atoms with Crippen molar-refractivity contribution in [1.82, 2.24) is 0 Å². The van der Waals surface area contributed by atoms with E-state index in [1.807, 2.05) is 6.92 Å². The molecular formula is C13H20F2N2. The van der Waals surface area contributed by atoms with Crippen molar-refractivity contribution >= 4 is 11.4 Å². The summed E-state index contributed by atoms with van der Waals surface area (Å²) in [6.07, 6.45) is 1.96. The molecule has 0 aliphatic carbocycles. The zero-order valence-electron chi connectivity index (χ0n) is 10.6. The Kier molecular flexibility index (Phi) is 4.73. The molecule has 3 N–H and O–H groups in total. The Morgan fingerprint density at radius 1 is 1.29 bits per heavy atom. The number of hydrogen-bond donors (Lipinski definition) is 2. The number of halogens is 2. The fraction of sp³-hybridized carbons (Fsp3) is 0.538. The van der Waals surface area contributed by atoms with Gasteiger partial charge in [-0.15, -0.1) is 0 Å². The number of nitrogens with one attached hydrogen (secondary N) is 1. The van der Waals surface area contributed by atoms with Crippen LogP contribution in [-0.4, -0.2) is 6.04 Å². The van der Waals surface area contributed by atoms with Crippen LogP contribution in [0.15, 0.2) is 12.1 Å². The Balaban J connectivity index is 2.77. The molecule has 0 aliphatic heterocycles. The van der Waals surface area contributed by atoms with E-state index in [0.717, 1.165) is 18.9 Å². The molecule has 4 heteroatoms. The third kappa shape index (κ3) is 3.58. The molecule has 0 spiro atoms. The van der Waals surface area contributed by atoms with Gasteiger partial charge in [0.2, 0.25) is 0 Å². The van der Waals surface area contributed by atoms with E-state index in [2.05, 4.69) is 19.2 Å². The molecule has 1 rings (SSSR count). The second kappa shape index (κ2) is 5.84. The molecule has 0 bridgehead atoms. The first-order valence-corrected chi connectivity index (χ1v) is 5.95. The van der Waals surface area contributed by atoms with Gasteiger partial charge in [-0.3, -0.25) is 0 Å². The average molecular weight is 242 g/mol. The van der Waals surface area contributed by atoms with Crippen molar-refractivity contribution in [2.24, 2.45) is 5.92 Å². The lowest BCUT2D eigenvalue weighted by atomic mass is 10.00. The highest BCUT2D eigenvalue weighted by molar-refractivity contribution is 5.67. The van der Waals surface area contributed by atoms with Gasteiger partial charge in [-0.05, 0) is 31.4 Å². The van der Waals surface area contributed by atoms with E-state index < -0.39 is 11.6 Å². The van der Waals surface area contributed by atoms with Crippen LogP contribution in [0.2, 0.25) is 0 Å². The second-order valence-corrected chi connectivity index (χ2v) is 4.62. The summed E-state index contributed by atoms with van der Waals surface area (Å²) in [5.74, 6) is -1.24. The third-order valence-electron chi connectivity index (χ3n) is 2.97. The molecule has 2 nitrogen and oxygen atoms in total. The SMILES string of the molecule is CCC(C)CC(C)Nc1c(N)ccc(F)c1F. The smallest absolute Gasteiger partial charge is 0.183 e. The molecule has 0 radical (unpaired) electrons. The molecule has 0 amide bonds. The molecule has 0 heterocycles. The highest BCUT2D eigenvalue weighted by Crippen LogP contribution is 2.26. The Hall–Kier alpha value is -1.32. The minimum Gasteiger partial charge on any atom is -0.397 e. The van der Waals surface area contributed by atoms with Crippen LogP contribution >= 0.6 is 0 Å². The van der Waals surface area contributed by atoms with E-state index in [1.165, 1.54) is 6.07 Å². The zero-order chi connectivity index (χ0) is 13.0. The maximum atomic E-state index is 13.5. The predicted molar refractivity (Wildman–Crippen MR) is 67.9 cm³/mol. The molecule has 1 aromatic carbocycles. The lowest BCUT2D eigenvalue weighted by Gasteiger charge is -2.20. The van der Waals surface area contributed by atoms with Crippen molar-refractivity contribution in [3.05, 3.63) is 23.8 Å². The topological polar surface area (TPSA) is 38.0 Å². The van der Waals surface area contributed by atoms with Gasteiger partial charge in [-0.1, -0.05) is 20.3 Å². The van der Waals surface area contributed by atoms with E-state index in [9.17, 15) is 8.78 Å². The van der Waals surface area contributed by atoms with Crippen LogP contribution in [-0.2, 0) is 0 Å². The van der Waals surface area contributed by atoms with Gasteiger partial charge in [0.1, 0.15) is 0 Å². The van der Waals surface area contributed by atoms with Crippen LogP contribution in [0.1, 0.15) is 33.6 Å². The van der Waals surface area contributed by atoms with Crippen LogP contribution in [0, 0.1) is 17.6 Å². The predicted octanol–water partition coefficient (Wildman–Crippen LogP) is 3.78. The molecule has 96 valence electrons. The molecule has 0 aliphatic rings. The maximum absolute atomic E-state index is 13.5. The molecular weight excluding hydrogens is 222 g/mol. The maximum Gasteiger partial charge on any atom is 0.183 e. The molecule has 1 aromatic rings.